The Bertz CT molecular complexity index is 619. The van der Waals surface area contributed by atoms with Gasteiger partial charge in [0, 0.05) is 0 Å². The summed E-state index contributed by atoms with van der Waals surface area (Å²) in [4.78, 5) is 0. The molecular formula is C19H23N. The summed E-state index contributed by atoms with van der Waals surface area (Å²) >= 11 is 0. The molecule has 104 valence electrons. The second-order valence-electron chi connectivity index (χ2n) is 5.43. The van der Waals surface area contributed by atoms with Gasteiger partial charge in [0.15, 0.2) is 0 Å². The summed E-state index contributed by atoms with van der Waals surface area (Å²) in [5.74, 6) is 0. The van der Waals surface area contributed by atoms with Crippen molar-refractivity contribution in [3.63, 3.8) is 0 Å². The van der Waals surface area contributed by atoms with Crippen molar-refractivity contribution in [3.05, 3.63) is 47.0 Å². The summed E-state index contributed by atoms with van der Waals surface area (Å²) in [6.07, 6.45) is 6.85. The lowest BCUT2D eigenvalue weighted by atomic mass is 9.89. The highest BCUT2D eigenvalue weighted by molar-refractivity contribution is 5.90. The molecule has 0 atom stereocenters. The number of unbranched alkanes of at least 4 members (excludes halogenated alkanes) is 2. The molecule has 1 nitrogen and oxygen atoms in total. The molecule has 0 amide bonds. The molecule has 2 aromatic carbocycles. The summed E-state index contributed by atoms with van der Waals surface area (Å²) < 4.78 is 0. The highest BCUT2D eigenvalue weighted by atomic mass is 14.3. The summed E-state index contributed by atoms with van der Waals surface area (Å²) in [7, 11) is 0. The van der Waals surface area contributed by atoms with Gasteiger partial charge >= 0.3 is 0 Å². The second kappa shape index (κ2) is 7.10. The molecule has 2 aromatic rings. The molecule has 0 saturated heterocycles. The molecular weight excluding hydrogens is 242 g/mol. The van der Waals surface area contributed by atoms with Crippen LogP contribution in [-0.2, 0) is 12.8 Å². The fourth-order valence-corrected chi connectivity index (χ4v) is 2.81. The summed E-state index contributed by atoms with van der Waals surface area (Å²) in [5, 5.41) is 11.9. The van der Waals surface area contributed by atoms with E-state index >= 15 is 0 Å². The lowest BCUT2D eigenvalue weighted by molar-refractivity contribution is 0.758. The van der Waals surface area contributed by atoms with Gasteiger partial charge in [0.05, 0.1) is 5.56 Å². The first-order valence-electron chi connectivity index (χ1n) is 7.75. The maximum atomic E-state index is 9.62. The van der Waals surface area contributed by atoms with Crippen LogP contribution in [0.2, 0.25) is 0 Å². The number of fused-ring (bicyclic) bond motifs is 1. The van der Waals surface area contributed by atoms with Crippen LogP contribution in [0.5, 0.6) is 0 Å². The van der Waals surface area contributed by atoms with Gasteiger partial charge in [-0.3, -0.25) is 0 Å². The summed E-state index contributed by atoms with van der Waals surface area (Å²) in [5.41, 5.74) is 3.58. The number of aryl methyl sites for hydroxylation is 1. The van der Waals surface area contributed by atoms with Crippen LogP contribution in [0.15, 0.2) is 30.3 Å². The van der Waals surface area contributed by atoms with Gasteiger partial charge in [0.25, 0.3) is 0 Å². The molecule has 0 bridgehead atoms. The third kappa shape index (κ3) is 3.02. The molecule has 1 heteroatoms. The Kier molecular flexibility index (Phi) is 5.18. The van der Waals surface area contributed by atoms with Crippen molar-refractivity contribution in [3.8, 4) is 6.07 Å². The van der Waals surface area contributed by atoms with Crippen LogP contribution in [0.25, 0.3) is 10.8 Å². The van der Waals surface area contributed by atoms with Crippen molar-refractivity contribution < 1.29 is 0 Å². The Balaban J connectivity index is 2.58. The van der Waals surface area contributed by atoms with Gasteiger partial charge in [-0.1, -0.05) is 57.0 Å². The largest absolute Gasteiger partial charge is 0.192 e. The number of rotatable bonds is 6. The normalized spacial score (nSPS) is 10.7. The van der Waals surface area contributed by atoms with Crippen LogP contribution in [0.4, 0.5) is 0 Å². The molecule has 0 aliphatic carbocycles. The predicted octanol–water partition coefficient (Wildman–Crippen LogP) is 5.40. The van der Waals surface area contributed by atoms with Crippen LogP contribution in [0.3, 0.4) is 0 Å². The third-order valence-corrected chi connectivity index (χ3v) is 3.94. The number of hydrogen-bond acceptors (Lipinski definition) is 1. The zero-order valence-corrected chi connectivity index (χ0v) is 12.6. The molecule has 0 heterocycles. The van der Waals surface area contributed by atoms with E-state index in [1.165, 1.54) is 35.8 Å². The van der Waals surface area contributed by atoms with Crippen LogP contribution in [0.1, 0.15) is 56.2 Å². The van der Waals surface area contributed by atoms with Gasteiger partial charge in [0.1, 0.15) is 6.07 Å². The van der Waals surface area contributed by atoms with Gasteiger partial charge in [-0.15, -0.1) is 0 Å². The molecule has 0 fully saturated rings. The minimum absolute atomic E-state index is 0.905. The van der Waals surface area contributed by atoms with Crippen molar-refractivity contribution in [2.45, 2.75) is 52.4 Å². The van der Waals surface area contributed by atoms with Crippen molar-refractivity contribution in [2.75, 3.05) is 0 Å². The van der Waals surface area contributed by atoms with Gasteiger partial charge in [0.2, 0.25) is 0 Å². The Morgan fingerprint density at radius 2 is 1.70 bits per heavy atom. The first-order chi connectivity index (χ1) is 9.81. The maximum Gasteiger partial charge on any atom is 0.100 e. The minimum atomic E-state index is 0.905. The molecule has 2 rings (SSSR count). The topological polar surface area (TPSA) is 23.8 Å². The van der Waals surface area contributed by atoms with Crippen molar-refractivity contribution in [1.29, 1.82) is 5.26 Å². The maximum absolute atomic E-state index is 9.62. The molecule has 0 saturated carbocycles. The molecule has 0 spiro atoms. The summed E-state index contributed by atoms with van der Waals surface area (Å²) in [6.45, 7) is 4.43. The van der Waals surface area contributed by atoms with Gasteiger partial charge in [-0.25, -0.2) is 0 Å². The highest BCUT2D eigenvalue weighted by Crippen LogP contribution is 2.28. The molecule has 0 aliphatic rings. The van der Waals surface area contributed by atoms with Crippen molar-refractivity contribution >= 4 is 10.8 Å². The van der Waals surface area contributed by atoms with Crippen molar-refractivity contribution in [2.24, 2.45) is 0 Å². The lowest BCUT2D eigenvalue weighted by Gasteiger charge is -2.14. The fourth-order valence-electron chi connectivity index (χ4n) is 2.81. The standard InChI is InChI=1S/C19H23N/c1-3-5-9-15-13-16-10-7-8-12-18(16)19(14-20)17(15)11-6-4-2/h7-8,10,12-13H,3-6,9,11H2,1-2H3. The fraction of sp³-hybridized carbons (Fsp3) is 0.421. The Hall–Kier alpha value is -1.81. The zero-order chi connectivity index (χ0) is 14.4. The average molecular weight is 265 g/mol. The molecule has 0 aromatic heterocycles. The molecule has 0 aliphatic heterocycles. The quantitative estimate of drug-likeness (QED) is 0.686. The first-order valence-corrected chi connectivity index (χ1v) is 7.75. The van der Waals surface area contributed by atoms with Gasteiger partial charge in [-0.05, 0) is 47.6 Å². The number of hydrogen-bond donors (Lipinski definition) is 0. The smallest absolute Gasteiger partial charge is 0.100 e. The van der Waals surface area contributed by atoms with E-state index in [0.717, 1.165) is 30.2 Å². The molecule has 0 radical (unpaired) electrons. The molecule has 0 N–H and O–H groups in total. The number of nitriles is 1. The van der Waals surface area contributed by atoms with Gasteiger partial charge in [-0.2, -0.15) is 5.26 Å². The monoisotopic (exact) mass is 265 g/mol. The van der Waals surface area contributed by atoms with E-state index in [0.29, 0.717) is 0 Å². The minimum Gasteiger partial charge on any atom is -0.192 e. The van der Waals surface area contributed by atoms with E-state index in [1.807, 2.05) is 6.07 Å². The van der Waals surface area contributed by atoms with Gasteiger partial charge < -0.3 is 0 Å². The zero-order valence-electron chi connectivity index (χ0n) is 12.6. The van der Waals surface area contributed by atoms with Crippen molar-refractivity contribution in [1.82, 2.24) is 0 Å². The van der Waals surface area contributed by atoms with E-state index in [-0.39, 0.29) is 0 Å². The van der Waals surface area contributed by atoms with E-state index in [2.05, 4.69) is 44.2 Å². The lowest BCUT2D eigenvalue weighted by Crippen LogP contribution is -2.00. The van der Waals surface area contributed by atoms with E-state index in [9.17, 15) is 5.26 Å². The number of nitrogens with zero attached hydrogens (tertiary/aromatic N) is 1. The first kappa shape index (κ1) is 14.6. The predicted molar refractivity (Wildman–Crippen MR) is 85.9 cm³/mol. The Morgan fingerprint density at radius 3 is 2.40 bits per heavy atom. The van der Waals surface area contributed by atoms with E-state index in [4.69, 9.17) is 0 Å². The second-order valence-corrected chi connectivity index (χ2v) is 5.43. The summed E-state index contributed by atoms with van der Waals surface area (Å²) in [6, 6.07) is 13.0. The average Bonchev–Trinajstić information content (AvgIpc) is 2.49. The van der Waals surface area contributed by atoms with Crippen LogP contribution in [0, 0.1) is 11.3 Å². The van der Waals surface area contributed by atoms with Crippen LogP contribution >= 0.6 is 0 Å². The Morgan fingerprint density at radius 1 is 1.00 bits per heavy atom. The van der Waals surface area contributed by atoms with E-state index in [1.54, 1.807) is 0 Å². The van der Waals surface area contributed by atoms with E-state index < -0.39 is 0 Å². The molecule has 0 unspecified atom stereocenters. The SMILES string of the molecule is CCCCc1cc2ccccc2c(C#N)c1CCCC. The van der Waals surface area contributed by atoms with Crippen LogP contribution in [-0.4, -0.2) is 0 Å². The third-order valence-electron chi connectivity index (χ3n) is 3.94. The number of benzene rings is 2. The highest BCUT2D eigenvalue weighted by Gasteiger charge is 2.12. The Labute approximate surface area is 122 Å². The van der Waals surface area contributed by atoms with Crippen LogP contribution < -0.4 is 0 Å². The molecule has 20 heavy (non-hydrogen) atoms.